The fourth-order valence-corrected chi connectivity index (χ4v) is 1.21. The third-order valence-electron chi connectivity index (χ3n) is 2.17. The minimum atomic E-state index is -0.435. The Balaban J connectivity index is 2.29. The van der Waals surface area contributed by atoms with Crippen molar-refractivity contribution in [2.75, 3.05) is 20.3 Å². The lowest BCUT2D eigenvalue weighted by Gasteiger charge is -2.06. The summed E-state index contributed by atoms with van der Waals surface area (Å²) in [5.74, 6) is 0. The molecule has 1 amide bonds. The molecule has 0 bridgehead atoms. The van der Waals surface area contributed by atoms with E-state index < -0.39 is 6.09 Å². The number of nitrogens with one attached hydrogen (secondary N) is 1. The Morgan fingerprint density at radius 3 is 2.65 bits per heavy atom. The van der Waals surface area contributed by atoms with E-state index in [1.54, 1.807) is 13.2 Å². The van der Waals surface area contributed by atoms with Crippen LogP contribution >= 0.6 is 0 Å². The van der Waals surface area contributed by atoms with Crippen LogP contribution in [0.5, 0.6) is 0 Å². The predicted octanol–water partition coefficient (Wildman–Crippen LogP) is 2.20. The second-order valence-electron chi connectivity index (χ2n) is 3.43. The lowest BCUT2D eigenvalue weighted by molar-refractivity contribution is 0.0983. The maximum atomic E-state index is 11.2. The van der Waals surface area contributed by atoms with Gasteiger partial charge in [0.1, 0.15) is 6.61 Å². The number of amides is 1. The molecule has 1 aromatic carbocycles. The van der Waals surface area contributed by atoms with Crippen molar-refractivity contribution < 1.29 is 14.3 Å². The highest BCUT2D eigenvalue weighted by molar-refractivity contribution is 5.67. The van der Waals surface area contributed by atoms with Crippen LogP contribution in [-0.4, -0.2) is 26.4 Å². The lowest BCUT2D eigenvalue weighted by Crippen LogP contribution is -2.25. The molecular formula is C13H17NO3. The number of hydrogen-bond donors (Lipinski definition) is 1. The summed E-state index contributed by atoms with van der Waals surface area (Å²) in [4.78, 5) is 11.2. The number of alkyl carbamates (subject to hydrolysis) is 1. The van der Waals surface area contributed by atoms with Gasteiger partial charge in [-0.3, -0.25) is 0 Å². The van der Waals surface area contributed by atoms with Crippen LogP contribution in [0, 0.1) is 0 Å². The molecule has 4 heteroatoms. The van der Waals surface area contributed by atoms with E-state index in [0.29, 0.717) is 13.2 Å². The van der Waals surface area contributed by atoms with Crippen LogP contribution in [0.4, 0.5) is 4.79 Å². The number of carbonyl (C=O) groups is 1. The van der Waals surface area contributed by atoms with Crippen molar-refractivity contribution in [3.63, 3.8) is 0 Å². The zero-order chi connectivity index (χ0) is 12.5. The largest absolute Gasteiger partial charge is 0.447 e. The summed E-state index contributed by atoms with van der Waals surface area (Å²) in [6.45, 7) is 4.79. The summed E-state index contributed by atoms with van der Waals surface area (Å²) in [5.41, 5.74) is 2.07. The zero-order valence-corrected chi connectivity index (χ0v) is 9.94. The van der Waals surface area contributed by atoms with Gasteiger partial charge in [0.2, 0.25) is 0 Å². The third-order valence-corrected chi connectivity index (χ3v) is 2.17. The zero-order valence-electron chi connectivity index (χ0n) is 9.94. The molecule has 0 heterocycles. The molecule has 1 rings (SSSR count). The molecule has 92 valence electrons. The van der Waals surface area contributed by atoms with Gasteiger partial charge in [-0.05, 0) is 11.1 Å². The Bertz CT molecular complexity index is 359. The van der Waals surface area contributed by atoms with E-state index in [1.807, 2.05) is 24.3 Å². The highest BCUT2D eigenvalue weighted by Gasteiger charge is 2.01. The van der Waals surface area contributed by atoms with Crippen molar-refractivity contribution in [2.45, 2.75) is 6.54 Å². The van der Waals surface area contributed by atoms with E-state index in [9.17, 15) is 4.79 Å². The van der Waals surface area contributed by atoms with Crippen molar-refractivity contribution >= 4 is 12.2 Å². The van der Waals surface area contributed by atoms with Crippen LogP contribution in [0.3, 0.4) is 0 Å². The molecule has 0 unspecified atom stereocenters. The summed E-state index contributed by atoms with van der Waals surface area (Å²) >= 11 is 0. The maximum absolute atomic E-state index is 11.2. The van der Waals surface area contributed by atoms with E-state index in [0.717, 1.165) is 11.1 Å². The molecule has 0 spiro atoms. The van der Waals surface area contributed by atoms with Crippen molar-refractivity contribution in [3.05, 3.63) is 42.0 Å². The Morgan fingerprint density at radius 2 is 2.06 bits per heavy atom. The van der Waals surface area contributed by atoms with Crippen molar-refractivity contribution in [1.29, 1.82) is 0 Å². The van der Waals surface area contributed by atoms with Crippen molar-refractivity contribution in [1.82, 2.24) is 5.32 Å². The van der Waals surface area contributed by atoms with Crippen LogP contribution in [0.1, 0.15) is 11.1 Å². The standard InChI is InChI=1S/C13H17NO3/c1-3-11-4-6-12(7-5-11)10-14-13(15)17-9-8-16-2/h3-7H,1,8-10H2,2H3,(H,14,15). The first kappa shape index (κ1) is 13.3. The number of rotatable bonds is 6. The Morgan fingerprint density at radius 1 is 1.35 bits per heavy atom. The van der Waals surface area contributed by atoms with Gasteiger partial charge in [0.05, 0.1) is 6.61 Å². The van der Waals surface area contributed by atoms with E-state index in [-0.39, 0.29) is 6.61 Å². The third kappa shape index (κ3) is 5.17. The molecule has 0 aliphatic heterocycles. The summed E-state index contributed by atoms with van der Waals surface area (Å²) in [5, 5.41) is 2.65. The quantitative estimate of drug-likeness (QED) is 0.769. The number of methoxy groups -OCH3 is 1. The molecule has 0 aliphatic rings. The molecule has 1 N–H and O–H groups in total. The fourth-order valence-electron chi connectivity index (χ4n) is 1.21. The molecule has 0 fully saturated rings. The second kappa shape index (κ2) is 7.46. The van der Waals surface area contributed by atoms with Gasteiger partial charge in [-0.2, -0.15) is 0 Å². The Hall–Kier alpha value is -1.81. The first-order valence-electron chi connectivity index (χ1n) is 5.37. The van der Waals surface area contributed by atoms with Gasteiger partial charge in [-0.15, -0.1) is 0 Å². The minimum Gasteiger partial charge on any atom is -0.447 e. The van der Waals surface area contributed by atoms with Gasteiger partial charge in [0, 0.05) is 13.7 Å². The molecule has 0 saturated carbocycles. The van der Waals surface area contributed by atoms with Gasteiger partial charge >= 0.3 is 6.09 Å². The van der Waals surface area contributed by atoms with Crippen LogP contribution in [-0.2, 0) is 16.0 Å². The first-order valence-corrected chi connectivity index (χ1v) is 5.37. The monoisotopic (exact) mass is 235 g/mol. The van der Waals surface area contributed by atoms with Crippen molar-refractivity contribution in [3.8, 4) is 0 Å². The average molecular weight is 235 g/mol. The second-order valence-corrected chi connectivity index (χ2v) is 3.43. The highest BCUT2D eigenvalue weighted by atomic mass is 16.6. The van der Waals surface area contributed by atoms with Crippen LogP contribution < -0.4 is 5.32 Å². The Kier molecular flexibility index (Phi) is 5.82. The molecule has 0 radical (unpaired) electrons. The molecule has 17 heavy (non-hydrogen) atoms. The highest BCUT2D eigenvalue weighted by Crippen LogP contribution is 2.05. The molecule has 4 nitrogen and oxygen atoms in total. The minimum absolute atomic E-state index is 0.262. The topological polar surface area (TPSA) is 47.6 Å². The molecule has 0 aliphatic carbocycles. The Labute approximate surface area is 101 Å². The molecule has 0 aromatic heterocycles. The van der Waals surface area contributed by atoms with E-state index in [4.69, 9.17) is 9.47 Å². The van der Waals surface area contributed by atoms with Gasteiger partial charge in [0.15, 0.2) is 0 Å². The fraction of sp³-hybridized carbons (Fsp3) is 0.308. The summed E-state index contributed by atoms with van der Waals surface area (Å²) < 4.78 is 9.62. The van der Waals surface area contributed by atoms with Gasteiger partial charge in [-0.25, -0.2) is 4.79 Å². The van der Waals surface area contributed by atoms with E-state index >= 15 is 0 Å². The summed E-state index contributed by atoms with van der Waals surface area (Å²) in [7, 11) is 1.56. The van der Waals surface area contributed by atoms with Gasteiger partial charge < -0.3 is 14.8 Å². The van der Waals surface area contributed by atoms with Gasteiger partial charge in [0.25, 0.3) is 0 Å². The summed E-state index contributed by atoms with van der Waals surface area (Å²) in [6, 6.07) is 7.76. The average Bonchev–Trinajstić information content (AvgIpc) is 2.37. The number of carbonyl (C=O) groups excluding carboxylic acids is 1. The molecule has 0 saturated heterocycles. The molecule has 0 atom stereocenters. The lowest BCUT2D eigenvalue weighted by atomic mass is 10.1. The van der Waals surface area contributed by atoms with Crippen LogP contribution in [0.25, 0.3) is 6.08 Å². The summed E-state index contributed by atoms with van der Waals surface area (Å²) in [6.07, 6.45) is 1.34. The number of benzene rings is 1. The van der Waals surface area contributed by atoms with Crippen LogP contribution in [0.15, 0.2) is 30.8 Å². The van der Waals surface area contributed by atoms with Gasteiger partial charge in [-0.1, -0.05) is 36.9 Å². The number of hydrogen-bond acceptors (Lipinski definition) is 3. The maximum Gasteiger partial charge on any atom is 0.407 e. The molecule has 1 aromatic rings. The molecular weight excluding hydrogens is 218 g/mol. The normalized spacial score (nSPS) is 9.71. The number of ether oxygens (including phenoxy) is 2. The first-order chi connectivity index (χ1) is 8.26. The van der Waals surface area contributed by atoms with Crippen LogP contribution in [0.2, 0.25) is 0 Å². The smallest absolute Gasteiger partial charge is 0.407 e. The predicted molar refractivity (Wildman–Crippen MR) is 66.6 cm³/mol. The van der Waals surface area contributed by atoms with Crippen molar-refractivity contribution in [2.24, 2.45) is 0 Å². The SMILES string of the molecule is C=Cc1ccc(CNC(=O)OCCOC)cc1. The van der Waals surface area contributed by atoms with E-state index in [2.05, 4.69) is 11.9 Å². The van der Waals surface area contributed by atoms with E-state index in [1.165, 1.54) is 0 Å².